The van der Waals surface area contributed by atoms with Crippen LogP contribution in [0.2, 0.25) is 0 Å². The fourth-order valence-corrected chi connectivity index (χ4v) is 2.57. The first-order valence-electron chi connectivity index (χ1n) is 7.68. The van der Waals surface area contributed by atoms with E-state index in [1.165, 1.54) is 0 Å². The molecule has 0 fully saturated rings. The van der Waals surface area contributed by atoms with Crippen molar-refractivity contribution in [1.82, 2.24) is 5.32 Å². The van der Waals surface area contributed by atoms with E-state index < -0.39 is 5.60 Å². The van der Waals surface area contributed by atoms with Crippen molar-refractivity contribution in [1.29, 1.82) is 0 Å². The monoisotopic (exact) mass is 313 g/mol. The first-order chi connectivity index (χ1) is 11.1. The summed E-state index contributed by atoms with van der Waals surface area (Å²) in [4.78, 5) is 12.3. The minimum absolute atomic E-state index is 0.126. The van der Waals surface area contributed by atoms with E-state index in [1.54, 1.807) is 38.5 Å². The summed E-state index contributed by atoms with van der Waals surface area (Å²) in [6.45, 7) is 2.46. The number of hydrogen-bond acceptors (Lipinski definition) is 3. The fraction of sp³-hybridized carbons (Fsp3) is 0.316. The largest absolute Gasteiger partial charge is 0.497 e. The van der Waals surface area contributed by atoms with Crippen LogP contribution in [0.4, 0.5) is 0 Å². The van der Waals surface area contributed by atoms with Crippen LogP contribution in [0.25, 0.3) is 0 Å². The minimum atomic E-state index is -0.524. The molecule has 2 rings (SSSR count). The van der Waals surface area contributed by atoms with E-state index in [4.69, 9.17) is 9.47 Å². The Morgan fingerprint density at radius 2 is 1.70 bits per heavy atom. The van der Waals surface area contributed by atoms with Crippen LogP contribution < -0.4 is 10.1 Å². The molecular formula is C19H23NO3. The highest BCUT2D eigenvalue weighted by Gasteiger charge is 2.30. The van der Waals surface area contributed by atoms with Crippen LogP contribution >= 0.6 is 0 Å². The summed E-state index contributed by atoms with van der Waals surface area (Å²) in [5.74, 6) is 0.601. The summed E-state index contributed by atoms with van der Waals surface area (Å²) in [5.41, 5.74) is 1.13. The number of amides is 1. The van der Waals surface area contributed by atoms with Gasteiger partial charge in [-0.25, -0.2) is 0 Å². The lowest BCUT2D eigenvalue weighted by atomic mass is 9.90. The lowest BCUT2D eigenvalue weighted by molar-refractivity contribution is -0.0164. The number of benzene rings is 2. The van der Waals surface area contributed by atoms with Gasteiger partial charge in [0.15, 0.2) is 0 Å². The second-order valence-electron chi connectivity index (χ2n) is 5.33. The number of ether oxygens (including phenoxy) is 2. The number of hydrogen-bond donors (Lipinski definition) is 1. The van der Waals surface area contributed by atoms with Gasteiger partial charge in [0.25, 0.3) is 5.91 Å². The zero-order valence-electron chi connectivity index (χ0n) is 13.8. The summed E-state index contributed by atoms with van der Waals surface area (Å²) in [7, 11) is 3.28. The van der Waals surface area contributed by atoms with Crippen LogP contribution in [0.15, 0.2) is 54.6 Å². The maximum Gasteiger partial charge on any atom is 0.251 e. The van der Waals surface area contributed by atoms with Gasteiger partial charge >= 0.3 is 0 Å². The van der Waals surface area contributed by atoms with Crippen LogP contribution in [0, 0.1) is 0 Å². The van der Waals surface area contributed by atoms with E-state index in [1.807, 2.05) is 30.3 Å². The van der Waals surface area contributed by atoms with Crippen molar-refractivity contribution in [2.75, 3.05) is 20.8 Å². The van der Waals surface area contributed by atoms with Gasteiger partial charge < -0.3 is 14.8 Å². The minimum Gasteiger partial charge on any atom is -0.497 e. The Morgan fingerprint density at radius 1 is 1.04 bits per heavy atom. The van der Waals surface area contributed by atoms with Gasteiger partial charge in [-0.15, -0.1) is 0 Å². The van der Waals surface area contributed by atoms with Crippen molar-refractivity contribution in [3.8, 4) is 5.75 Å². The molecule has 122 valence electrons. The standard InChI is InChI=1S/C19H23NO3/c1-4-19(23-3,16-8-6-5-7-9-16)14-20-18(21)15-10-12-17(22-2)13-11-15/h5-13H,4,14H2,1-3H3,(H,20,21). The van der Waals surface area contributed by atoms with Gasteiger partial charge in [0.05, 0.1) is 13.7 Å². The SMILES string of the molecule is CCC(CNC(=O)c1ccc(OC)cc1)(OC)c1ccccc1. The van der Waals surface area contributed by atoms with Gasteiger partial charge in [-0.3, -0.25) is 4.79 Å². The molecule has 4 nitrogen and oxygen atoms in total. The van der Waals surface area contributed by atoms with Crippen molar-refractivity contribution in [2.45, 2.75) is 18.9 Å². The number of methoxy groups -OCH3 is 2. The third-order valence-corrected chi connectivity index (χ3v) is 4.15. The Hall–Kier alpha value is -2.33. The maximum atomic E-state index is 12.3. The fourth-order valence-electron chi connectivity index (χ4n) is 2.57. The van der Waals surface area contributed by atoms with Crippen molar-refractivity contribution >= 4 is 5.91 Å². The second kappa shape index (κ2) is 7.79. The van der Waals surface area contributed by atoms with Gasteiger partial charge in [-0.1, -0.05) is 37.3 Å². The van der Waals surface area contributed by atoms with E-state index in [0.29, 0.717) is 12.1 Å². The Bertz CT molecular complexity index is 619. The van der Waals surface area contributed by atoms with Crippen molar-refractivity contribution in [3.05, 3.63) is 65.7 Å². The third-order valence-electron chi connectivity index (χ3n) is 4.15. The highest BCUT2D eigenvalue weighted by atomic mass is 16.5. The molecule has 0 aliphatic rings. The smallest absolute Gasteiger partial charge is 0.251 e. The second-order valence-corrected chi connectivity index (χ2v) is 5.33. The van der Waals surface area contributed by atoms with Crippen LogP contribution in [0.1, 0.15) is 29.3 Å². The van der Waals surface area contributed by atoms with Gasteiger partial charge in [0, 0.05) is 12.7 Å². The number of rotatable bonds is 7. The third kappa shape index (κ3) is 3.90. The molecule has 4 heteroatoms. The summed E-state index contributed by atoms with van der Waals surface area (Å²) >= 11 is 0. The number of nitrogens with one attached hydrogen (secondary N) is 1. The molecule has 0 spiro atoms. The summed E-state index contributed by atoms with van der Waals surface area (Å²) in [6.07, 6.45) is 0.760. The molecule has 1 unspecified atom stereocenters. The van der Waals surface area contributed by atoms with E-state index in [9.17, 15) is 4.79 Å². The molecule has 0 aliphatic carbocycles. The van der Waals surface area contributed by atoms with Crippen LogP contribution in [0.3, 0.4) is 0 Å². The topological polar surface area (TPSA) is 47.6 Å². The summed E-state index contributed by atoms with van der Waals surface area (Å²) in [5, 5.41) is 2.97. The number of carbonyl (C=O) groups is 1. The molecule has 0 saturated carbocycles. The molecule has 1 atom stereocenters. The molecule has 1 amide bonds. The van der Waals surface area contributed by atoms with E-state index in [-0.39, 0.29) is 5.91 Å². The summed E-state index contributed by atoms with van der Waals surface area (Å²) in [6, 6.07) is 17.0. The zero-order chi connectivity index (χ0) is 16.7. The van der Waals surface area contributed by atoms with Crippen LogP contribution in [-0.4, -0.2) is 26.7 Å². The van der Waals surface area contributed by atoms with Crippen molar-refractivity contribution in [2.24, 2.45) is 0 Å². The lowest BCUT2D eigenvalue weighted by Crippen LogP contribution is -2.41. The van der Waals surface area contributed by atoms with E-state index in [2.05, 4.69) is 12.2 Å². The van der Waals surface area contributed by atoms with E-state index in [0.717, 1.165) is 17.7 Å². The van der Waals surface area contributed by atoms with Gasteiger partial charge in [0.1, 0.15) is 11.4 Å². The van der Waals surface area contributed by atoms with Gasteiger partial charge in [-0.05, 0) is 36.2 Å². The van der Waals surface area contributed by atoms with Crippen molar-refractivity contribution in [3.63, 3.8) is 0 Å². The Labute approximate surface area is 137 Å². The van der Waals surface area contributed by atoms with E-state index >= 15 is 0 Å². The highest BCUT2D eigenvalue weighted by molar-refractivity contribution is 5.94. The average Bonchev–Trinajstić information content (AvgIpc) is 2.63. The van der Waals surface area contributed by atoms with Crippen LogP contribution in [0.5, 0.6) is 5.75 Å². The summed E-state index contributed by atoms with van der Waals surface area (Å²) < 4.78 is 10.9. The Morgan fingerprint density at radius 3 is 2.22 bits per heavy atom. The average molecular weight is 313 g/mol. The van der Waals surface area contributed by atoms with Gasteiger partial charge in [-0.2, -0.15) is 0 Å². The quantitative estimate of drug-likeness (QED) is 0.852. The van der Waals surface area contributed by atoms with Crippen LogP contribution in [-0.2, 0) is 10.3 Å². The molecule has 2 aromatic rings. The molecule has 1 N–H and O–H groups in total. The first kappa shape index (κ1) is 17.0. The molecule has 2 aromatic carbocycles. The Balaban J connectivity index is 2.10. The predicted molar refractivity (Wildman–Crippen MR) is 90.7 cm³/mol. The molecule has 0 bridgehead atoms. The Kier molecular flexibility index (Phi) is 5.77. The highest BCUT2D eigenvalue weighted by Crippen LogP contribution is 2.28. The molecule has 0 radical (unpaired) electrons. The molecular weight excluding hydrogens is 290 g/mol. The molecule has 0 heterocycles. The van der Waals surface area contributed by atoms with Gasteiger partial charge in [0.2, 0.25) is 0 Å². The zero-order valence-corrected chi connectivity index (χ0v) is 13.8. The number of carbonyl (C=O) groups excluding carboxylic acids is 1. The molecule has 23 heavy (non-hydrogen) atoms. The molecule has 0 saturated heterocycles. The van der Waals surface area contributed by atoms with Crippen molar-refractivity contribution < 1.29 is 14.3 Å². The lowest BCUT2D eigenvalue weighted by Gasteiger charge is -2.32. The first-order valence-corrected chi connectivity index (χ1v) is 7.68. The maximum absolute atomic E-state index is 12.3. The predicted octanol–water partition coefficient (Wildman–Crippen LogP) is 3.38. The molecule has 0 aromatic heterocycles. The molecule has 0 aliphatic heterocycles. The normalized spacial score (nSPS) is 13.2.